The molecule has 1 fully saturated rings. The van der Waals surface area contributed by atoms with Crippen LogP contribution in [0, 0.1) is 5.92 Å². The van der Waals surface area contributed by atoms with Crippen LogP contribution in [-0.4, -0.2) is 42.3 Å². The Morgan fingerprint density at radius 3 is 2.20 bits per heavy atom. The van der Waals surface area contributed by atoms with Gasteiger partial charge in [0.1, 0.15) is 4.87 Å². The van der Waals surface area contributed by atoms with Gasteiger partial charge in [0.2, 0.25) is 5.79 Å². The quantitative estimate of drug-likeness (QED) is 0.437. The number of halogens is 4. The van der Waals surface area contributed by atoms with Crippen molar-refractivity contribution in [3.63, 3.8) is 0 Å². The lowest BCUT2D eigenvalue weighted by atomic mass is 9.91. The summed E-state index contributed by atoms with van der Waals surface area (Å²) in [5.41, 5.74) is 0. The summed E-state index contributed by atoms with van der Waals surface area (Å²) >= 11 is 25.7. The van der Waals surface area contributed by atoms with E-state index in [9.17, 15) is 4.79 Å². The first-order valence-corrected chi connectivity index (χ1v) is 7.49. The van der Waals surface area contributed by atoms with E-state index in [0.29, 0.717) is 0 Å². The summed E-state index contributed by atoms with van der Waals surface area (Å²) in [6.07, 6.45) is 0.119. The number of hydrogen-bond donors (Lipinski definition) is 0. The van der Waals surface area contributed by atoms with E-state index in [4.69, 9.17) is 60.6 Å². The lowest BCUT2D eigenvalue weighted by Crippen LogP contribution is -2.57. The largest absolute Gasteiger partial charge is 0.466 e. The van der Waals surface area contributed by atoms with Crippen molar-refractivity contribution in [1.29, 1.82) is 0 Å². The average molecular weight is 364 g/mol. The molecule has 114 valence electrons. The van der Waals surface area contributed by atoms with Gasteiger partial charge < -0.3 is 14.2 Å². The first kappa shape index (κ1) is 16.7. The average Bonchev–Trinajstić information content (AvgIpc) is 2.70. The Hall–Kier alpha value is 0.290. The number of carbonyl (C=O) groups excluding carboxylic acids is 1. The number of alkyl halides is 2. The lowest BCUT2D eigenvalue weighted by Gasteiger charge is -2.40. The highest BCUT2D eigenvalue weighted by atomic mass is 35.5. The maximum absolute atomic E-state index is 12.2. The van der Waals surface area contributed by atoms with Crippen LogP contribution >= 0.6 is 46.4 Å². The fourth-order valence-corrected chi connectivity index (χ4v) is 5.17. The molecule has 0 aromatic rings. The van der Waals surface area contributed by atoms with E-state index in [2.05, 4.69) is 0 Å². The van der Waals surface area contributed by atoms with E-state index in [1.54, 1.807) is 6.92 Å². The molecular formula is C12H14Cl4O4. The van der Waals surface area contributed by atoms with Crippen molar-refractivity contribution in [3.05, 3.63) is 10.1 Å². The van der Waals surface area contributed by atoms with Gasteiger partial charge in [0.25, 0.3) is 0 Å². The normalized spacial score (nSPS) is 38.5. The maximum atomic E-state index is 12.2. The van der Waals surface area contributed by atoms with Crippen LogP contribution in [0.4, 0.5) is 0 Å². The van der Waals surface area contributed by atoms with Gasteiger partial charge in [0.05, 0.1) is 22.6 Å². The predicted molar refractivity (Wildman–Crippen MR) is 77.4 cm³/mol. The summed E-state index contributed by atoms with van der Waals surface area (Å²) in [6.45, 7) is 1.92. The van der Waals surface area contributed by atoms with Gasteiger partial charge in [-0.2, -0.15) is 0 Å². The van der Waals surface area contributed by atoms with Gasteiger partial charge in [-0.25, -0.2) is 0 Å². The van der Waals surface area contributed by atoms with Crippen molar-refractivity contribution >= 4 is 52.4 Å². The molecule has 0 saturated heterocycles. The molecule has 0 unspecified atom stereocenters. The molecule has 4 nitrogen and oxygen atoms in total. The molecule has 1 saturated carbocycles. The Morgan fingerprint density at radius 1 is 1.25 bits per heavy atom. The number of hydrogen-bond acceptors (Lipinski definition) is 4. The predicted octanol–water partition coefficient (Wildman–Crippen LogP) is 3.22. The zero-order chi connectivity index (χ0) is 15.3. The molecule has 3 atom stereocenters. The molecule has 2 bridgehead atoms. The summed E-state index contributed by atoms with van der Waals surface area (Å²) in [7, 11) is 2.76. The van der Waals surface area contributed by atoms with Crippen LogP contribution in [0.15, 0.2) is 10.1 Å². The molecule has 2 aliphatic carbocycles. The van der Waals surface area contributed by atoms with E-state index >= 15 is 0 Å². The van der Waals surface area contributed by atoms with E-state index < -0.39 is 27.4 Å². The van der Waals surface area contributed by atoms with Gasteiger partial charge in [-0.05, 0) is 13.3 Å². The lowest BCUT2D eigenvalue weighted by molar-refractivity contribution is -0.219. The molecule has 0 aromatic heterocycles. The number of ether oxygens (including phenoxy) is 3. The Morgan fingerprint density at radius 2 is 1.80 bits per heavy atom. The molecule has 0 spiro atoms. The minimum atomic E-state index is -1.53. The maximum Gasteiger partial charge on any atom is 0.311 e. The van der Waals surface area contributed by atoms with Gasteiger partial charge in [0, 0.05) is 14.2 Å². The topological polar surface area (TPSA) is 44.8 Å². The van der Waals surface area contributed by atoms with Gasteiger partial charge in [-0.1, -0.05) is 23.2 Å². The second-order valence-corrected chi connectivity index (χ2v) is 6.67. The molecule has 0 aromatic carbocycles. The fourth-order valence-electron chi connectivity index (χ4n) is 3.13. The number of esters is 1. The Labute approximate surface area is 137 Å². The van der Waals surface area contributed by atoms with Gasteiger partial charge in [-0.3, -0.25) is 4.79 Å². The third kappa shape index (κ3) is 1.61. The van der Waals surface area contributed by atoms with Gasteiger partial charge >= 0.3 is 5.97 Å². The van der Waals surface area contributed by atoms with Crippen LogP contribution in [0.25, 0.3) is 0 Å². The van der Waals surface area contributed by atoms with Gasteiger partial charge in [-0.15, -0.1) is 23.2 Å². The van der Waals surface area contributed by atoms with Crippen molar-refractivity contribution < 1.29 is 19.0 Å². The molecule has 0 radical (unpaired) electrons. The standard InChI is InChI=1S/C12H14Cl4O4/c1-4-20-9(17)6-5-10(15)7(13)8(14)11(6,16)12(10,18-2)19-3/h6H,4-5H2,1-3H3/t6-,10-,11+/m1/s1. The van der Waals surface area contributed by atoms with E-state index in [-0.39, 0.29) is 23.1 Å². The highest BCUT2D eigenvalue weighted by molar-refractivity contribution is 6.52. The SMILES string of the molecule is CCOC(=O)[C@H]1C[C@@]2(Cl)C(Cl)=C(Cl)[C@]1(Cl)C2(OC)OC. The highest BCUT2D eigenvalue weighted by Gasteiger charge is 2.82. The van der Waals surface area contributed by atoms with Crippen molar-refractivity contribution in [3.8, 4) is 0 Å². The highest BCUT2D eigenvalue weighted by Crippen LogP contribution is 2.71. The minimum absolute atomic E-state index is 0.0591. The first-order valence-electron chi connectivity index (χ1n) is 5.97. The van der Waals surface area contributed by atoms with Crippen LogP contribution < -0.4 is 0 Å². The molecule has 0 N–H and O–H groups in total. The van der Waals surface area contributed by atoms with E-state index in [0.717, 1.165) is 0 Å². The molecule has 0 aliphatic heterocycles. The smallest absolute Gasteiger partial charge is 0.311 e. The molecule has 2 aliphatic rings. The van der Waals surface area contributed by atoms with Crippen LogP contribution in [0.2, 0.25) is 0 Å². The molecule has 0 amide bonds. The van der Waals surface area contributed by atoms with Crippen molar-refractivity contribution in [2.45, 2.75) is 28.9 Å². The summed E-state index contributed by atoms with van der Waals surface area (Å²) in [4.78, 5) is 9.32. The Bertz CT molecular complexity index is 476. The number of rotatable bonds is 4. The van der Waals surface area contributed by atoms with Crippen LogP contribution in [0.3, 0.4) is 0 Å². The molecule has 20 heavy (non-hydrogen) atoms. The molecular weight excluding hydrogens is 350 g/mol. The zero-order valence-electron chi connectivity index (χ0n) is 11.1. The van der Waals surface area contributed by atoms with Gasteiger partial charge in [0.15, 0.2) is 4.87 Å². The zero-order valence-corrected chi connectivity index (χ0v) is 14.2. The van der Waals surface area contributed by atoms with Crippen molar-refractivity contribution in [1.82, 2.24) is 0 Å². The Kier molecular flexibility index (Phi) is 4.32. The number of methoxy groups -OCH3 is 2. The number of carbonyl (C=O) groups is 1. The van der Waals surface area contributed by atoms with E-state index in [1.165, 1.54) is 14.2 Å². The molecule has 0 heterocycles. The number of fused-ring (bicyclic) bond motifs is 2. The van der Waals surface area contributed by atoms with Crippen LogP contribution in [-0.2, 0) is 19.0 Å². The van der Waals surface area contributed by atoms with Crippen molar-refractivity contribution in [2.24, 2.45) is 5.92 Å². The molecule has 2 rings (SSSR count). The third-order valence-corrected chi connectivity index (χ3v) is 6.55. The van der Waals surface area contributed by atoms with Crippen LogP contribution in [0.1, 0.15) is 13.3 Å². The van der Waals surface area contributed by atoms with Crippen molar-refractivity contribution in [2.75, 3.05) is 20.8 Å². The third-order valence-electron chi connectivity index (χ3n) is 3.97. The first-order chi connectivity index (χ1) is 9.26. The summed E-state index contributed by atoms with van der Waals surface area (Å²) in [5.74, 6) is -2.85. The summed E-state index contributed by atoms with van der Waals surface area (Å²) in [5, 5.41) is 0.198. The molecule has 8 heteroatoms. The Balaban J connectivity index is 2.60. The minimum Gasteiger partial charge on any atom is -0.466 e. The monoisotopic (exact) mass is 362 g/mol. The summed E-state index contributed by atoms with van der Waals surface area (Å²) in [6, 6.07) is 0. The van der Waals surface area contributed by atoms with E-state index in [1.807, 2.05) is 0 Å². The van der Waals surface area contributed by atoms with Crippen LogP contribution in [0.5, 0.6) is 0 Å². The second-order valence-electron chi connectivity index (χ2n) is 4.67. The summed E-state index contributed by atoms with van der Waals surface area (Å²) < 4.78 is 15.9. The second kappa shape index (κ2) is 5.18. The fraction of sp³-hybridized carbons (Fsp3) is 0.750.